The van der Waals surface area contributed by atoms with Gasteiger partial charge in [0.1, 0.15) is 0 Å². The van der Waals surface area contributed by atoms with Gasteiger partial charge in [-0.05, 0) is 38.8 Å². The van der Waals surface area contributed by atoms with Crippen LogP contribution in [0.15, 0.2) is 0 Å². The molecule has 0 aromatic heterocycles. The van der Waals surface area contributed by atoms with Crippen molar-refractivity contribution in [3.05, 3.63) is 0 Å². The first-order valence-electron chi connectivity index (χ1n) is 6.31. The van der Waals surface area contributed by atoms with Crippen LogP contribution in [0.4, 0.5) is 8.78 Å². The highest BCUT2D eigenvalue weighted by atomic mass is 35.5. The monoisotopic (exact) mass is 283 g/mol. The summed E-state index contributed by atoms with van der Waals surface area (Å²) in [4.78, 5) is 11.2. The standard InChI is InChI=1S/C12H19F2NO2.ClH/c1-2-17-10(16)6-9-11(12(9,13)14)8-4-3-5-15-7-8;/h8-9,11,15H,2-7H2,1H3;1H. The maximum atomic E-state index is 13.6. The van der Waals surface area contributed by atoms with Crippen molar-refractivity contribution >= 4 is 18.4 Å². The second-order valence-electron chi connectivity index (χ2n) is 4.92. The number of alkyl halides is 2. The molecule has 6 heteroatoms. The molecule has 2 rings (SSSR count). The summed E-state index contributed by atoms with van der Waals surface area (Å²) in [5.41, 5.74) is 0. The van der Waals surface area contributed by atoms with Gasteiger partial charge in [-0.2, -0.15) is 0 Å². The number of ether oxygens (including phenoxy) is 1. The number of hydrogen-bond donors (Lipinski definition) is 1. The Bertz CT molecular complexity index is 296. The van der Waals surface area contributed by atoms with E-state index in [9.17, 15) is 13.6 Å². The Hall–Kier alpha value is -0.420. The fourth-order valence-corrected chi connectivity index (χ4v) is 2.91. The highest BCUT2D eigenvalue weighted by Gasteiger charge is 2.70. The summed E-state index contributed by atoms with van der Waals surface area (Å²) in [6, 6.07) is 0. The third-order valence-corrected chi connectivity index (χ3v) is 3.80. The molecule has 0 amide bonds. The predicted octanol–water partition coefficient (Wildman–Crippen LogP) is 2.24. The molecule has 0 radical (unpaired) electrons. The number of carbonyl (C=O) groups is 1. The number of piperidine rings is 1. The predicted molar refractivity (Wildman–Crippen MR) is 66.0 cm³/mol. The summed E-state index contributed by atoms with van der Waals surface area (Å²) >= 11 is 0. The largest absolute Gasteiger partial charge is 0.466 e. The minimum atomic E-state index is -2.67. The Morgan fingerprint density at radius 2 is 2.22 bits per heavy atom. The van der Waals surface area contributed by atoms with Crippen LogP contribution in [-0.4, -0.2) is 31.6 Å². The molecule has 0 bridgehead atoms. The van der Waals surface area contributed by atoms with Crippen LogP contribution in [0, 0.1) is 17.8 Å². The molecular weight excluding hydrogens is 264 g/mol. The Balaban J connectivity index is 0.00000162. The molecule has 3 nitrogen and oxygen atoms in total. The van der Waals surface area contributed by atoms with E-state index in [0.717, 1.165) is 19.4 Å². The van der Waals surface area contributed by atoms with Gasteiger partial charge >= 0.3 is 5.97 Å². The van der Waals surface area contributed by atoms with Crippen molar-refractivity contribution in [2.24, 2.45) is 17.8 Å². The van der Waals surface area contributed by atoms with Crippen LogP contribution in [0.3, 0.4) is 0 Å². The summed E-state index contributed by atoms with van der Waals surface area (Å²) in [7, 11) is 0. The van der Waals surface area contributed by atoms with E-state index >= 15 is 0 Å². The molecule has 1 aliphatic heterocycles. The second kappa shape index (κ2) is 6.15. The smallest absolute Gasteiger partial charge is 0.306 e. The average Bonchev–Trinajstić information content (AvgIpc) is 2.82. The lowest BCUT2D eigenvalue weighted by molar-refractivity contribution is -0.144. The number of rotatable bonds is 4. The van der Waals surface area contributed by atoms with Gasteiger partial charge in [-0.3, -0.25) is 4.79 Å². The van der Waals surface area contributed by atoms with Crippen molar-refractivity contribution in [2.45, 2.75) is 32.1 Å². The van der Waals surface area contributed by atoms with E-state index in [1.54, 1.807) is 6.92 Å². The lowest BCUT2D eigenvalue weighted by Gasteiger charge is -2.22. The van der Waals surface area contributed by atoms with Gasteiger partial charge in [-0.15, -0.1) is 12.4 Å². The number of carbonyl (C=O) groups excluding carboxylic acids is 1. The van der Waals surface area contributed by atoms with Crippen LogP contribution in [-0.2, 0) is 9.53 Å². The molecule has 0 spiro atoms. The Kier molecular flexibility index (Phi) is 5.34. The summed E-state index contributed by atoms with van der Waals surface area (Å²) in [6.45, 7) is 3.51. The van der Waals surface area contributed by atoms with Crippen molar-refractivity contribution in [1.82, 2.24) is 5.32 Å². The zero-order valence-corrected chi connectivity index (χ0v) is 11.3. The molecular formula is C12H20ClF2NO2. The number of halogens is 3. The highest BCUT2D eigenvalue weighted by molar-refractivity contribution is 5.85. The maximum absolute atomic E-state index is 13.6. The van der Waals surface area contributed by atoms with Crippen molar-refractivity contribution in [3.8, 4) is 0 Å². The van der Waals surface area contributed by atoms with E-state index in [1.165, 1.54) is 0 Å². The van der Waals surface area contributed by atoms with Crippen molar-refractivity contribution in [2.75, 3.05) is 19.7 Å². The molecule has 3 atom stereocenters. The molecule has 1 saturated carbocycles. The zero-order valence-electron chi connectivity index (χ0n) is 10.5. The summed E-state index contributed by atoms with van der Waals surface area (Å²) in [6.07, 6.45) is 1.65. The highest BCUT2D eigenvalue weighted by Crippen LogP contribution is 2.61. The minimum absolute atomic E-state index is 0. The Labute approximate surface area is 112 Å². The fraction of sp³-hybridized carbons (Fsp3) is 0.917. The van der Waals surface area contributed by atoms with E-state index in [1.807, 2.05) is 0 Å². The van der Waals surface area contributed by atoms with Gasteiger partial charge in [0.2, 0.25) is 0 Å². The van der Waals surface area contributed by atoms with Gasteiger partial charge in [0.15, 0.2) is 0 Å². The SMILES string of the molecule is CCOC(=O)CC1C(C2CCCNC2)C1(F)F.Cl. The Morgan fingerprint density at radius 1 is 1.50 bits per heavy atom. The van der Waals surface area contributed by atoms with Crippen LogP contribution >= 0.6 is 12.4 Å². The van der Waals surface area contributed by atoms with Crippen LogP contribution < -0.4 is 5.32 Å². The molecule has 18 heavy (non-hydrogen) atoms. The first-order valence-corrected chi connectivity index (χ1v) is 6.31. The van der Waals surface area contributed by atoms with E-state index in [4.69, 9.17) is 4.74 Å². The van der Waals surface area contributed by atoms with Gasteiger partial charge in [-0.25, -0.2) is 8.78 Å². The summed E-state index contributed by atoms with van der Waals surface area (Å²) in [5.74, 6) is -4.58. The van der Waals surface area contributed by atoms with Gasteiger partial charge < -0.3 is 10.1 Å². The second-order valence-corrected chi connectivity index (χ2v) is 4.92. The van der Waals surface area contributed by atoms with E-state index in [2.05, 4.69) is 5.32 Å². The van der Waals surface area contributed by atoms with Crippen LogP contribution in [0.1, 0.15) is 26.2 Å². The van der Waals surface area contributed by atoms with Crippen molar-refractivity contribution in [1.29, 1.82) is 0 Å². The fourth-order valence-electron chi connectivity index (χ4n) is 2.91. The molecule has 3 unspecified atom stereocenters. The lowest BCUT2D eigenvalue weighted by atomic mass is 9.93. The molecule has 2 fully saturated rings. The Morgan fingerprint density at radius 3 is 2.78 bits per heavy atom. The van der Waals surface area contributed by atoms with Gasteiger partial charge in [-0.1, -0.05) is 0 Å². The lowest BCUT2D eigenvalue weighted by Crippen LogP contribution is -2.32. The van der Waals surface area contributed by atoms with Crippen molar-refractivity contribution < 1.29 is 18.3 Å². The molecule has 1 heterocycles. The van der Waals surface area contributed by atoms with Crippen LogP contribution in [0.25, 0.3) is 0 Å². The molecule has 1 saturated heterocycles. The molecule has 1 N–H and O–H groups in total. The average molecular weight is 284 g/mol. The van der Waals surface area contributed by atoms with Gasteiger partial charge in [0.05, 0.1) is 13.0 Å². The van der Waals surface area contributed by atoms with E-state index < -0.39 is 23.7 Å². The van der Waals surface area contributed by atoms with Crippen LogP contribution in [0.5, 0.6) is 0 Å². The third kappa shape index (κ3) is 3.12. The summed E-state index contributed by atoms with van der Waals surface area (Å²) < 4.78 is 32.0. The zero-order chi connectivity index (χ0) is 12.5. The quantitative estimate of drug-likeness (QED) is 0.804. The molecule has 1 aliphatic carbocycles. The van der Waals surface area contributed by atoms with Crippen LogP contribution in [0.2, 0.25) is 0 Å². The van der Waals surface area contributed by atoms with Crippen molar-refractivity contribution in [3.63, 3.8) is 0 Å². The van der Waals surface area contributed by atoms with Gasteiger partial charge in [0, 0.05) is 11.8 Å². The normalized spacial score (nSPS) is 33.4. The maximum Gasteiger partial charge on any atom is 0.306 e. The molecule has 0 aromatic rings. The summed E-state index contributed by atoms with van der Waals surface area (Å²) in [5, 5.41) is 3.14. The topological polar surface area (TPSA) is 38.3 Å². The first-order chi connectivity index (χ1) is 8.07. The number of esters is 1. The third-order valence-electron chi connectivity index (χ3n) is 3.80. The molecule has 0 aromatic carbocycles. The molecule has 2 aliphatic rings. The molecule has 106 valence electrons. The van der Waals surface area contributed by atoms with Gasteiger partial charge in [0.25, 0.3) is 5.92 Å². The van der Waals surface area contributed by atoms with E-state index in [-0.39, 0.29) is 31.4 Å². The van der Waals surface area contributed by atoms with E-state index in [0.29, 0.717) is 6.54 Å². The number of hydrogen-bond acceptors (Lipinski definition) is 3. The first kappa shape index (κ1) is 15.6. The number of nitrogens with one attached hydrogen (secondary N) is 1. The minimum Gasteiger partial charge on any atom is -0.466 e.